The molecule has 0 atom stereocenters. The lowest BCUT2D eigenvalue weighted by Gasteiger charge is -2.45. The van der Waals surface area contributed by atoms with Crippen LogP contribution in [-0.4, -0.2) is 66.1 Å². The van der Waals surface area contributed by atoms with Gasteiger partial charge in [-0.25, -0.2) is 0 Å². The highest BCUT2D eigenvalue weighted by Crippen LogP contribution is 2.45. The molecule has 0 bridgehead atoms. The van der Waals surface area contributed by atoms with Crippen molar-refractivity contribution in [1.29, 1.82) is 0 Å². The molecule has 1 saturated carbocycles. The summed E-state index contributed by atoms with van der Waals surface area (Å²) in [4.78, 5) is 30.3. The molecule has 2 aliphatic heterocycles. The highest BCUT2D eigenvalue weighted by molar-refractivity contribution is 8.00. The summed E-state index contributed by atoms with van der Waals surface area (Å²) in [6.45, 7) is 2.18. The predicted octanol–water partition coefficient (Wildman–Crippen LogP) is 3.79. The average molecular weight is 433 g/mol. The van der Waals surface area contributed by atoms with E-state index in [1.54, 1.807) is 32.4 Å². The zero-order chi connectivity index (χ0) is 21.1. The first-order valence-corrected chi connectivity index (χ1v) is 12.0. The topological polar surface area (TPSA) is 59.1 Å². The summed E-state index contributed by atoms with van der Waals surface area (Å²) in [5, 5.41) is 0. The Hall–Kier alpha value is -1.89. The maximum atomic E-state index is 13.3. The number of methoxy groups -OCH3 is 2. The van der Waals surface area contributed by atoms with Gasteiger partial charge in [0.25, 0.3) is 5.91 Å². The van der Waals surface area contributed by atoms with E-state index in [0.29, 0.717) is 36.1 Å². The van der Waals surface area contributed by atoms with Crippen LogP contribution < -0.4 is 9.47 Å². The molecule has 3 aliphatic rings. The molecule has 0 radical (unpaired) electrons. The monoisotopic (exact) mass is 432 g/mol. The molecule has 1 aromatic carbocycles. The summed E-state index contributed by atoms with van der Waals surface area (Å²) in [5.74, 6) is 2.79. The van der Waals surface area contributed by atoms with E-state index in [1.165, 1.54) is 19.3 Å². The highest BCUT2D eigenvalue weighted by Gasteiger charge is 2.48. The SMILES string of the molecule is COc1cc(OC)cc(C(=O)N2CCC3(CC2)SCCN3C(=O)C2CCCCC2)c1. The minimum Gasteiger partial charge on any atom is -0.497 e. The molecule has 1 spiro atoms. The van der Waals surface area contributed by atoms with Gasteiger partial charge in [0.05, 0.1) is 19.1 Å². The number of nitrogens with zero attached hydrogens (tertiary/aromatic N) is 2. The van der Waals surface area contributed by atoms with Crippen molar-refractivity contribution in [3.63, 3.8) is 0 Å². The van der Waals surface area contributed by atoms with Crippen LogP contribution in [0.4, 0.5) is 0 Å². The minimum absolute atomic E-state index is 0.00444. The Balaban J connectivity index is 1.43. The first kappa shape index (κ1) is 21.3. The van der Waals surface area contributed by atoms with E-state index in [9.17, 15) is 9.59 Å². The first-order valence-electron chi connectivity index (χ1n) is 11.0. The molecule has 2 saturated heterocycles. The van der Waals surface area contributed by atoms with Crippen molar-refractivity contribution < 1.29 is 19.1 Å². The van der Waals surface area contributed by atoms with E-state index in [2.05, 4.69) is 4.90 Å². The number of benzene rings is 1. The average Bonchev–Trinajstić information content (AvgIpc) is 3.21. The van der Waals surface area contributed by atoms with Gasteiger partial charge >= 0.3 is 0 Å². The molecule has 0 unspecified atom stereocenters. The normalized spacial score (nSPS) is 21.7. The van der Waals surface area contributed by atoms with Crippen LogP contribution in [0.2, 0.25) is 0 Å². The van der Waals surface area contributed by atoms with Crippen LogP contribution in [0, 0.1) is 5.92 Å². The molecule has 2 heterocycles. The van der Waals surface area contributed by atoms with Crippen LogP contribution >= 0.6 is 11.8 Å². The van der Waals surface area contributed by atoms with E-state index in [0.717, 1.165) is 38.0 Å². The van der Waals surface area contributed by atoms with Gasteiger partial charge in [-0.15, -0.1) is 11.8 Å². The Morgan fingerprint density at radius 3 is 2.20 bits per heavy atom. The zero-order valence-electron chi connectivity index (χ0n) is 18.0. The van der Waals surface area contributed by atoms with Gasteiger partial charge in [0.2, 0.25) is 5.91 Å². The summed E-state index contributed by atoms with van der Waals surface area (Å²) in [7, 11) is 3.17. The fourth-order valence-electron chi connectivity index (χ4n) is 5.08. The first-order chi connectivity index (χ1) is 14.6. The molecule has 2 amide bonds. The Labute approximate surface area is 183 Å². The Bertz CT molecular complexity index is 763. The van der Waals surface area contributed by atoms with E-state index >= 15 is 0 Å². The molecule has 4 rings (SSSR count). The van der Waals surface area contributed by atoms with E-state index < -0.39 is 0 Å². The number of thioether (sulfide) groups is 1. The number of hydrogen-bond acceptors (Lipinski definition) is 5. The summed E-state index contributed by atoms with van der Waals surface area (Å²) in [5.41, 5.74) is 0.580. The van der Waals surface area contributed by atoms with Crippen molar-refractivity contribution >= 4 is 23.6 Å². The lowest BCUT2D eigenvalue weighted by Crippen LogP contribution is -2.55. The third-order valence-electron chi connectivity index (χ3n) is 6.83. The molecule has 0 N–H and O–H groups in total. The van der Waals surface area contributed by atoms with Gasteiger partial charge in [-0.05, 0) is 37.8 Å². The Morgan fingerprint density at radius 1 is 0.967 bits per heavy atom. The number of ether oxygens (including phenoxy) is 2. The second-order valence-corrected chi connectivity index (χ2v) is 9.97. The van der Waals surface area contributed by atoms with Gasteiger partial charge in [-0.3, -0.25) is 9.59 Å². The van der Waals surface area contributed by atoms with Crippen LogP contribution in [0.5, 0.6) is 11.5 Å². The highest BCUT2D eigenvalue weighted by atomic mass is 32.2. The quantitative estimate of drug-likeness (QED) is 0.724. The smallest absolute Gasteiger partial charge is 0.254 e. The van der Waals surface area contributed by atoms with Gasteiger partial charge in [0.1, 0.15) is 11.5 Å². The molecule has 1 aliphatic carbocycles. The van der Waals surface area contributed by atoms with Crippen LogP contribution in [0.25, 0.3) is 0 Å². The molecule has 6 nitrogen and oxygen atoms in total. The van der Waals surface area contributed by atoms with E-state index in [1.807, 2.05) is 16.7 Å². The summed E-state index contributed by atoms with van der Waals surface area (Å²) >= 11 is 1.91. The third kappa shape index (κ3) is 4.13. The van der Waals surface area contributed by atoms with Gasteiger partial charge in [0, 0.05) is 42.9 Å². The van der Waals surface area contributed by atoms with Gasteiger partial charge in [-0.2, -0.15) is 0 Å². The molecule has 3 fully saturated rings. The molecule has 164 valence electrons. The number of likely N-dealkylation sites (tertiary alicyclic amines) is 1. The van der Waals surface area contributed by atoms with Crippen molar-refractivity contribution in [2.75, 3.05) is 39.6 Å². The summed E-state index contributed by atoms with van der Waals surface area (Å²) < 4.78 is 10.6. The Kier molecular flexibility index (Phi) is 6.46. The fourth-order valence-corrected chi connectivity index (χ4v) is 6.54. The second kappa shape index (κ2) is 9.08. The van der Waals surface area contributed by atoms with Crippen LogP contribution in [-0.2, 0) is 4.79 Å². The molecular weight excluding hydrogens is 400 g/mol. The number of carbonyl (C=O) groups is 2. The summed E-state index contributed by atoms with van der Waals surface area (Å²) in [6, 6.07) is 5.29. The van der Waals surface area contributed by atoms with Crippen LogP contribution in [0.1, 0.15) is 55.3 Å². The lowest BCUT2D eigenvalue weighted by atomic mass is 9.87. The largest absolute Gasteiger partial charge is 0.497 e. The van der Waals surface area contributed by atoms with Gasteiger partial charge < -0.3 is 19.3 Å². The number of amides is 2. The van der Waals surface area contributed by atoms with E-state index in [4.69, 9.17) is 9.47 Å². The molecule has 0 aromatic heterocycles. The molecular formula is C23H32N2O4S. The minimum atomic E-state index is -0.128. The van der Waals surface area contributed by atoms with Crippen LogP contribution in [0.3, 0.4) is 0 Å². The van der Waals surface area contributed by atoms with Crippen LogP contribution in [0.15, 0.2) is 18.2 Å². The number of piperidine rings is 1. The van der Waals surface area contributed by atoms with Gasteiger partial charge in [0.15, 0.2) is 0 Å². The molecule has 1 aromatic rings. The summed E-state index contributed by atoms with van der Waals surface area (Å²) in [6.07, 6.45) is 7.37. The van der Waals surface area contributed by atoms with Crippen molar-refractivity contribution in [2.24, 2.45) is 5.92 Å². The second-order valence-electron chi connectivity index (χ2n) is 8.51. The maximum absolute atomic E-state index is 13.3. The molecule has 30 heavy (non-hydrogen) atoms. The Morgan fingerprint density at radius 2 is 1.60 bits per heavy atom. The number of hydrogen-bond donors (Lipinski definition) is 0. The van der Waals surface area contributed by atoms with E-state index in [-0.39, 0.29) is 16.7 Å². The fraction of sp³-hybridized carbons (Fsp3) is 0.652. The zero-order valence-corrected chi connectivity index (χ0v) is 18.8. The molecule has 7 heteroatoms. The maximum Gasteiger partial charge on any atom is 0.254 e. The number of rotatable bonds is 4. The van der Waals surface area contributed by atoms with Gasteiger partial charge in [-0.1, -0.05) is 19.3 Å². The predicted molar refractivity (Wildman–Crippen MR) is 118 cm³/mol. The standard InChI is InChI=1S/C23H32N2O4S/c1-28-19-14-18(15-20(16-19)29-2)21(26)24-10-8-23(9-11-24)25(12-13-30-23)22(27)17-6-4-3-5-7-17/h14-17H,3-13H2,1-2H3. The van der Waals surface area contributed by atoms with Crippen molar-refractivity contribution in [1.82, 2.24) is 9.80 Å². The number of carbonyl (C=O) groups excluding carboxylic acids is 2. The lowest BCUT2D eigenvalue weighted by molar-refractivity contribution is -0.140. The third-order valence-corrected chi connectivity index (χ3v) is 8.38. The van der Waals surface area contributed by atoms with Crippen molar-refractivity contribution in [3.05, 3.63) is 23.8 Å². The van der Waals surface area contributed by atoms with Crippen molar-refractivity contribution in [3.8, 4) is 11.5 Å². The van der Waals surface area contributed by atoms with Crippen molar-refractivity contribution in [2.45, 2.75) is 49.8 Å².